The van der Waals surface area contributed by atoms with Crippen molar-refractivity contribution in [1.82, 2.24) is 10.2 Å². The summed E-state index contributed by atoms with van der Waals surface area (Å²) in [5.74, 6) is 1.43. The van der Waals surface area contributed by atoms with Gasteiger partial charge in [0.05, 0.1) is 20.3 Å². The molecule has 3 aromatic carbocycles. The van der Waals surface area contributed by atoms with Crippen molar-refractivity contribution in [1.29, 1.82) is 0 Å². The van der Waals surface area contributed by atoms with Gasteiger partial charge in [-0.2, -0.15) is 0 Å². The Bertz CT molecular complexity index is 1120. The minimum atomic E-state index is -0.219. The molecule has 3 aromatic rings. The molecule has 178 valence electrons. The second-order valence-electron chi connectivity index (χ2n) is 8.81. The van der Waals surface area contributed by atoms with Gasteiger partial charge < -0.3 is 20.1 Å². The van der Waals surface area contributed by atoms with E-state index in [0.717, 1.165) is 42.1 Å². The molecule has 1 aliphatic rings. The number of fused-ring (bicyclic) bond motifs is 1. The van der Waals surface area contributed by atoms with E-state index in [-0.39, 0.29) is 18.1 Å². The van der Waals surface area contributed by atoms with Gasteiger partial charge in [-0.05, 0) is 61.2 Å². The van der Waals surface area contributed by atoms with Crippen molar-refractivity contribution < 1.29 is 14.3 Å². The Morgan fingerprint density at radius 1 is 1.03 bits per heavy atom. The quantitative estimate of drug-likeness (QED) is 0.502. The van der Waals surface area contributed by atoms with Crippen LogP contribution in [0, 0.1) is 6.92 Å². The number of anilines is 1. The molecular weight excluding hydrogens is 426 g/mol. The second-order valence-corrected chi connectivity index (χ2v) is 8.81. The molecule has 0 fully saturated rings. The zero-order valence-corrected chi connectivity index (χ0v) is 20.3. The summed E-state index contributed by atoms with van der Waals surface area (Å²) in [5.41, 5.74) is 5.54. The number of ether oxygens (including phenoxy) is 2. The van der Waals surface area contributed by atoms with E-state index >= 15 is 0 Å². The topological polar surface area (TPSA) is 62.8 Å². The van der Waals surface area contributed by atoms with Crippen LogP contribution in [-0.2, 0) is 13.0 Å². The van der Waals surface area contributed by atoms with Gasteiger partial charge in [0.25, 0.3) is 0 Å². The number of hydrogen-bond donors (Lipinski definition) is 2. The van der Waals surface area contributed by atoms with Gasteiger partial charge in [-0.3, -0.25) is 4.90 Å². The molecule has 0 spiro atoms. The van der Waals surface area contributed by atoms with Gasteiger partial charge >= 0.3 is 6.03 Å². The zero-order chi connectivity index (χ0) is 24.1. The Labute approximate surface area is 201 Å². The van der Waals surface area contributed by atoms with E-state index in [4.69, 9.17) is 9.47 Å². The molecule has 6 nitrogen and oxygen atoms in total. The van der Waals surface area contributed by atoms with Gasteiger partial charge in [0.2, 0.25) is 0 Å². The monoisotopic (exact) mass is 459 g/mol. The summed E-state index contributed by atoms with van der Waals surface area (Å²) >= 11 is 0. The third-order valence-electron chi connectivity index (χ3n) is 6.40. The third kappa shape index (κ3) is 5.34. The molecule has 0 aliphatic carbocycles. The van der Waals surface area contributed by atoms with Gasteiger partial charge in [0, 0.05) is 24.8 Å². The van der Waals surface area contributed by atoms with Gasteiger partial charge in [0.1, 0.15) is 0 Å². The van der Waals surface area contributed by atoms with E-state index in [9.17, 15) is 4.79 Å². The lowest BCUT2D eigenvalue weighted by Crippen LogP contribution is -2.48. The number of hydrogen-bond acceptors (Lipinski definition) is 4. The molecule has 1 heterocycles. The van der Waals surface area contributed by atoms with Crippen LogP contribution in [0.25, 0.3) is 0 Å². The molecule has 4 rings (SSSR count). The highest BCUT2D eigenvalue weighted by Gasteiger charge is 2.33. The average molecular weight is 460 g/mol. The minimum Gasteiger partial charge on any atom is -0.493 e. The number of nitrogens with one attached hydrogen (secondary N) is 2. The molecule has 2 atom stereocenters. The lowest BCUT2D eigenvalue weighted by molar-refractivity contribution is 0.144. The van der Waals surface area contributed by atoms with E-state index < -0.39 is 0 Å². The Morgan fingerprint density at radius 2 is 1.71 bits per heavy atom. The number of carbonyl (C=O) groups excluding carboxylic acids is 1. The fourth-order valence-corrected chi connectivity index (χ4v) is 4.70. The fourth-order valence-electron chi connectivity index (χ4n) is 4.70. The van der Waals surface area contributed by atoms with Crippen LogP contribution in [0.1, 0.15) is 35.2 Å². The van der Waals surface area contributed by atoms with Crippen molar-refractivity contribution in [2.75, 3.05) is 26.1 Å². The number of aryl methyl sites for hydroxylation is 1. The van der Waals surface area contributed by atoms with Crippen LogP contribution in [0.3, 0.4) is 0 Å². The van der Waals surface area contributed by atoms with Crippen molar-refractivity contribution >= 4 is 11.7 Å². The number of carbonyl (C=O) groups is 1. The largest absolute Gasteiger partial charge is 0.493 e. The molecule has 0 saturated heterocycles. The van der Waals surface area contributed by atoms with Crippen LogP contribution < -0.4 is 20.1 Å². The molecule has 0 radical (unpaired) electrons. The zero-order valence-electron chi connectivity index (χ0n) is 20.3. The van der Waals surface area contributed by atoms with Crippen molar-refractivity contribution in [3.8, 4) is 11.5 Å². The minimum absolute atomic E-state index is 0.0208. The van der Waals surface area contributed by atoms with Crippen molar-refractivity contribution in [2.45, 2.75) is 38.9 Å². The molecule has 0 aromatic heterocycles. The molecule has 0 bridgehead atoms. The highest BCUT2D eigenvalue weighted by atomic mass is 16.5. The standard InChI is InChI=1S/C28H33N3O3/c1-19-10-12-23(13-11-19)30-28(32)29-20(2)27-24-17-26(34-4)25(33-3)16-22(24)14-15-31(27)18-21-8-6-5-7-9-21/h5-13,16-17,20,27H,14-15,18H2,1-4H3,(H2,29,30,32)/t20-,27-/m0/s1. The predicted molar refractivity (Wildman–Crippen MR) is 136 cm³/mol. The summed E-state index contributed by atoms with van der Waals surface area (Å²) in [4.78, 5) is 15.3. The molecule has 0 unspecified atom stereocenters. The number of amides is 2. The van der Waals surface area contributed by atoms with Crippen molar-refractivity contribution in [3.05, 3.63) is 89.0 Å². The maximum atomic E-state index is 12.9. The number of methoxy groups -OCH3 is 2. The number of urea groups is 1. The molecule has 34 heavy (non-hydrogen) atoms. The summed E-state index contributed by atoms with van der Waals surface area (Å²) in [6.45, 7) is 5.76. The summed E-state index contributed by atoms with van der Waals surface area (Å²) in [5, 5.41) is 6.13. The smallest absolute Gasteiger partial charge is 0.319 e. The lowest BCUT2D eigenvalue weighted by Gasteiger charge is -2.41. The first kappa shape index (κ1) is 23.6. The summed E-state index contributed by atoms with van der Waals surface area (Å²) in [6.07, 6.45) is 0.904. The Morgan fingerprint density at radius 3 is 2.38 bits per heavy atom. The van der Waals surface area contributed by atoms with Gasteiger partial charge in [-0.1, -0.05) is 48.0 Å². The SMILES string of the molecule is COc1cc2c(cc1OC)[C@H]([C@H](C)NC(=O)Nc1ccc(C)cc1)N(Cc1ccccc1)CC2. The van der Waals surface area contributed by atoms with Crippen molar-refractivity contribution in [2.24, 2.45) is 0 Å². The van der Waals surface area contributed by atoms with Gasteiger partial charge in [0.15, 0.2) is 11.5 Å². The molecule has 0 saturated carbocycles. The summed E-state index contributed by atoms with van der Waals surface area (Å²) in [6, 6.07) is 22.0. The maximum Gasteiger partial charge on any atom is 0.319 e. The third-order valence-corrected chi connectivity index (χ3v) is 6.40. The lowest BCUT2D eigenvalue weighted by atomic mass is 9.87. The highest BCUT2D eigenvalue weighted by Crippen LogP contribution is 2.40. The van der Waals surface area contributed by atoms with E-state index in [2.05, 4.69) is 58.9 Å². The molecule has 6 heteroatoms. The summed E-state index contributed by atoms with van der Waals surface area (Å²) < 4.78 is 11.2. The van der Waals surface area contributed by atoms with Crippen LogP contribution >= 0.6 is 0 Å². The number of benzene rings is 3. The van der Waals surface area contributed by atoms with E-state index in [1.165, 1.54) is 11.1 Å². The maximum absolute atomic E-state index is 12.9. The first-order valence-corrected chi connectivity index (χ1v) is 11.7. The summed E-state index contributed by atoms with van der Waals surface area (Å²) in [7, 11) is 3.31. The van der Waals surface area contributed by atoms with Crippen LogP contribution in [0.2, 0.25) is 0 Å². The number of nitrogens with zero attached hydrogens (tertiary/aromatic N) is 1. The molecule has 2 amide bonds. The second kappa shape index (κ2) is 10.6. The van der Waals surface area contributed by atoms with Crippen LogP contribution in [0.4, 0.5) is 10.5 Å². The van der Waals surface area contributed by atoms with E-state index in [1.54, 1.807) is 14.2 Å². The Hall–Kier alpha value is -3.51. The van der Waals surface area contributed by atoms with Gasteiger partial charge in [-0.15, -0.1) is 0 Å². The van der Waals surface area contributed by atoms with E-state index in [1.807, 2.05) is 37.3 Å². The van der Waals surface area contributed by atoms with Crippen LogP contribution in [-0.4, -0.2) is 37.7 Å². The van der Waals surface area contributed by atoms with Crippen LogP contribution in [0.5, 0.6) is 11.5 Å². The molecule has 2 N–H and O–H groups in total. The Balaban J connectivity index is 1.61. The average Bonchev–Trinajstić information content (AvgIpc) is 2.84. The first-order chi connectivity index (χ1) is 16.5. The normalized spacial score (nSPS) is 16.3. The fraction of sp³-hybridized carbons (Fsp3) is 0.321. The molecule has 1 aliphatic heterocycles. The predicted octanol–water partition coefficient (Wildman–Crippen LogP) is 5.32. The van der Waals surface area contributed by atoms with Gasteiger partial charge in [-0.25, -0.2) is 4.79 Å². The molecular formula is C28H33N3O3. The van der Waals surface area contributed by atoms with Crippen molar-refractivity contribution in [3.63, 3.8) is 0 Å². The first-order valence-electron chi connectivity index (χ1n) is 11.7. The highest BCUT2D eigenvalue weighted by molar-refractivity contribution is 5.89. The van der Waals surface area contributed by atoms with E-state index in [0.29, 0.717) is 5.75 Å². The Kier molecular flexibility index (Phi) is 7.38. The van der Waals surface area contributed by atoms with Crippen LogP contribution in [0.15, 0.2) is 66.7 Å². The number of rotatable bonds is 7.